The van der Waals surface area contributed by atoms with Crippen molar-refractivity contribution in [1.82, 2.24) is 4.90 Å². The molecule has 2 rings (SSSR count). The van der Waals surface area contributed by atoms with E-state index in [9.17, 15) is 5.11 Å². The quantitative estimate of drug-likeness (QED) is 0.472. The van der Waals surface area contributed by atoms with Gasteiger partial charge in [0.1, 0.15) is 0 Å². The fraction of sp³-hybridized carbons (Fsp3) is 1.00. The van der Waals surface area contributed by atoms with Crippen LogP contribution >= 0.6 is 0 Å². The largest absolute Gasteiger partial charge is 0.852 e. The number of hydrogen-bond acceptors (Lipinski definition) is 2. The van der Waals surface area contributed by atoms with Gasteiger partial charge in [0.15, 0.2) is 0 Å². The second-order valence-corrected chi connectivity index (χ2v) is 3.64. The van der Waals surface area contributed by atoms with Gasteiger partial charge in [0.05, 0.1) is 0 Å². The molecule has 0 aromatic carbocycles. The predicted octanol–water partition coefficient (Wildman–Crippen LogP) is -0.0281. The molecule has 10 heavy (non-hydrogen) atoms. The molecule has 0 amide bonds. The Bertz CT molecular complexity index is 123. The van der Waals surface area contributed by atoms with Gasteiger partial charge in [0.25, 0.3) is 0 Å². The summed E-state index contributed by atoms with van der Waals surface area (Å²) in [4.78, 5) is 2.40. The zero-order chi connectivity index (χ0) is 7.14. The van der Waals surface area contributed by atoms with Crippen LogP contribution in [0.5, 0.6) is 0 Å². The van der Waals surface area contributed by atoms with Crippen molar-refractivity contribution in [2.24, 2.45) is 0 Å². The molecule has 2 bridgehead atoms. The fourth-order valence-electron chi connectivity index (χ4n) is 2.36. The first-order chi connectivity index (χ1) is 4.77. The van der Waals surface area contributed by atoms with E-state index in [2.05, 4.69) is 11.9 Å². The van der Waals surface area contributed by atoms with Crippen LogP contribution in [0.2, 0.25) is 0 Å². The first-order valence-corrected chi connectivity index (χ1v) is 4.15. The van der Waals surface area contributed by atoms with E-state index in [4.69, 9.17) is 0 Å². The van der Waals surface area contributed by atoms with Crippen LogP contribution in [0.3, 0.4) is 0 Å². The van der Waals surface area contributed by atoms with Crippen molar-refractivity contribution in [3.05, 3.63) is 0 Å². The van der Waals surface area contributed by atoms with E-state index >= 15 is 0 Å². The molecule has 0 aromatic heterocycles. The standard InChI is InChI=1S/C8H14NO/c1-9-6-2-3-7(9)5-8(10)4-6/h6-8H,2-5H2,1H3/q-1. The molecule has 0 N–H and O–H groups in total. The molecule has 2 saturated heterocycles. The highest BCUT2D eigenvalue weighted by atomic mass is 16.3. The van der Waals surface area contributed by atoms with E-state index in [-0.39, 0.29) is 6.10 Å². The summed E-state index contributed by atoms with van der Waals surface area (Å²) in [7, 11) is 2.16. The lowest BCUT2D eigenvalue weighted by molar-refractivity contribution is -0.429. The third-order valence-electron chi connectivity index (χ3n) is 3.05. The van der Waals surface area contributed by atoms with E-state index < -0.39 is 0 Å². The lowest BCUT2D eigenvalue weighted by Crippen LogP contribution is -2.46. The Morgan fingerprint density at radius 2 is 1.70 bits per heavy atom. The zero-order valence-electron chi connectivity index (χ0n) is 6.42. The molecule has 58 valence electrons. The minimum Gasteiger partial charge on any atom is -0.852 e. The molecule has 2 nitrogen and oxygen atoms in total. The van der Waals surface area contributed by atoms with E-state index in [0.717, 1.165) is 12.8 Å². The van der Waals surface area contributed by atoms with Gasteiger partial charge < -0.3 is 10.0 Å². The van der Waals surface area contributed by atoms with Crippen molar-refractivity contribution >= 4 is 0 Å². The first kappa shape index (κ1) is 6.62. The maximum Gasteiger partial charge on any atom is 0.00854 e. The maximum atomic E-state index is 11.1. The Labute approximate surface area is 61.8 Å². The molecule has 2 fully saturated rings. The summed E-state index contributed by atoms with van der Waals surface area (Å²) in [5, 5.41) is 11.1. The molecule has 2 heterocycles. The second-order valence-electron chi connectivity index (χ2n) is 3.64. The lowest BCUT2D eigenvalue weighted by Gasteiger charge is -2.39. The minimum absolute atomic E-state index is 0.256. The van der Waals surface area contributed by atoms with Crippen LogP contribution in [0.25, 0.3) is 0 Å². The van der Waals surface area contributed by atoms with E-state index in [0.29, 0.717) is 12.1 Å². The second kappa shape index (κ2) is 2.21. The molecule has 2 heteroatoms. The number of fused-ring (bicyclic) bond motifs is 2. The topological polar surface area (TPSA) is 26.3 Å². The number of nitrogens with zero attached hydrogens (tertiary/aromatic N) is 1. The van der Waals surface area contributed by atoms with Gasteiger partial charge in [0, 0.05) is 12.1 Å². The highest BCUT2D eigenvalue weighted by Crippen LogP contribution is 2.32. The number of hydrogen-bond donors (Lipinski definition) is 0. The predicted molar refractivity (Wildman–Crippen MR) is 37.6 cm³/mol. The van der Waals surface area contributed by atoms with Crippen LogP contribution in [0.4, 0.5) is 0 Å². The Morgan fingerprint density at radius 1 is 1.20 bits per heavy atom. The number of piperidine rings is 1. The van der Waals surface area contributed by atoms with Crippen LogP contribution in [0.15, 0.2) is 0 Å². The summed E-state index contributed by atoms with van der Waals surface area (Å²) in [5.74, 6) is 0. The third kappa shape index (κ3) is 0.867. The molecule has 2 unspecified atom stereocenters. The van der Waals surface area contributed by atoms with Gasteiger partial charge in [-0.25, -0.2) is 0 Å². The normalized spacial score (nSPS) is 48.0. The van der Waals surface area contributed by atoms with Crippen LogP contribution in [0, 0.1) is 0 Å². The minimum atomic E-state index is -0.256. The smallest absolute Gasteiger partial charge is 0.00854 e. The molecule has 0 aliphatic carbocycles. The zero-order valence-corrected chi connectivity index (χ0v) is 6.42. The van der Waals surface area contributed by atoms with Crippen molar-refractivity contribution in [2.45, 2.75) is 43.9 Å². The molecule has 2 atom stereocenters. The molecule has 2 aliphatic rings. The van der Waals surface area contributed by atoms with Crippen molar-refractivity contribution in [3.8, 4) is 0 Å². The van der Waals surface area contributed by atoms with Gasteiger partial charge in [-0.05, 0) is 19.9 Å². The fourth-order valence-corrected chi connectivity index (χ4v) is 2.36. The monoisotopic (exact) mass is 140 g/mol. The summed E-state index contributed by atoms with van der Waals surface area (Å²) in [5.41, 5.74) is 0. The van der Waals surface area contributed by atoms with Gasteiger partial charge in [0.2, 0.25) is 0 Å². The maximum absolute atomic E-state index is 11.1. The average molecular weight is 140 g/mol. The van der Waals surface area contributed by atoms with Gasteiger partial charge in [-0.3, -0.25) is 0 Å². The van der Waals surface area contributed by atoms with Gasteiger partial charge in [-0.2, -0.15) is 0 Å². The highest BCUT2D eigenvalue weighted by molar-refractivity contribution is 4.92. The Morgan fingerprint density at radius 3 is 2.20 bits per heavy atom. The molecule has 0 spiro atoms. The summed E-state index contributed by atoms with van der Waals surface area (Å²) < 4.78 is 0. The molecule has 0 saturated carbocycles. The van der Waals surface area contributed by atoms with E-state index in [1.165, 1.54) is 12.8 Å². The highest BCUT2D eigenvalue weighted by Gasteiger charge is 2.34. The molecule has 0 aromatic rings. The Balaban J connectivity index is 2.09. The van der Waals surface area contributed by atoms with E-state index in [1.807, 2.05) is 0 Å². The Hall–Kier alpha value is -0.0800. The van der Waals surface area contributed by atoms with Crippen molar-refractivity contribution in [2.75, 3.05) is 7.05 Å². The van der Waals surface area contributed by atoms with Crippen LogP contribution in [-0.2, 0) is 0 Å². The number of rotatable bonds is 0. The summed E-state index contributed by atoms with van der Waals surface area (Å²) in [6.45, 7) is 0. The summed E-state index contributed by atoms with van der Waals surface area (Å²) in [6.07, 6.45) is 4.06. The van der Waals surface area contributed by atoms with Crippen molar-refractivity contribution in [3.63, 3.8) is 0 Å². The van der Waals surface area contributed by atoms with E-state index in [1.54, 1.807) is 0 Å². The van der Waals surface area contributed by atoms with Gasteiger partial charge in [-0.1, -0.05) is 12.8 Å². The summed E-state index contributed by atoms with van der Waals surface area (Å²) >= 11 is 0. The molecule has 2 aliphatic heterocycles. The molecule has 0 radical (unpaired) electrons. The Kier molecular flexibility index (Phi) is 1.46. The summed E-state index contributed by atoms with van der Waals surface area (Å²) in [6, 6.07) is 1.25. The van der Waals surface area contributed by atoms with Gasteiger partial charge in [-0.15, -0.1) is 6.10 Å². The SMILES string of the molecule is CN1C2CCC1CC([O-])C2. The average Bonchev–Trinajstić information content (AvgIpc) is 2.20. The van der Waals surface area contributed by atoms with Crippen LogP contribution in [-0.4, -0.2) is 30.1 Å². The van der Waals surface area contributed by atoms with Crippen molar-refractivity contribution < 1.29 is 5.11 Å². The first-order valence-electron chi connectivity index (χ1n) is 4.15. The molecular formula is C8H14NO-. The lowest BCUT2D eigenvalue weighted by atomic mass is 10.0. The molecular weight excluding hydrogens is 126 g/mol. The van der Waals surface area contributed by atoms with Crippen LogP contribution < -0.4 is 5.11 Å². The third-order valence-corrected chi connectivity index (χ3v) is 3.05. The van der Waals surface area contributed by atoms with Crippen molar-refractivity contribution in [1.29, 1.82) is 0 Å². The van der Waals surface area contributed by atoms with Gasteiger partial charge >= 0.3 is 0 Å². The van der Waals surface area contributed by atoms with Crippen LogP contribution in [0.1, 0.15) is 25.7 Å².